The number of ether oxygens (including phenoxy) is 1. The number of fused-ring (bicyclic) bond motifs is 19. The van der Waals surface area contributed by atoms with Crippen molar-refractivity contribution < 1.29 is 4.74 Å². The first-order chi connectivity index (χ1) is 37.2. The Morgan fingerprint density at radius 2 is 0.800 bits per heavy atom. The lowest BCUT2D eigenvalue weighted by Crippen LogP contribution is -2.32. The quantitative estimate of drug-likeness (QED) is 0.171. The van der Waals surface area contributed by atoms with Gasteiger partial charge in [0, 0.05) is 37.7 Å². The standard InChI is InChI=1S/C72H45NOS/c1-2-19-46(20-3-1)47-37-39-48(40-38-47)52-21-6-13-31-64(52)73(65-32-18-30-62-70(65)54-23-5-8-25-57(54)71(62)58-26-9-14-33-66(58)74-67-34-15-10-27-59(67)71)51-42-41-49-44-55-53-22-4-7-24-56(53)72(63(55)45-50(49)43-51)60-28-11-16-35-68(60)75-69-36-17-12-29-61(69)72/h1-45H. The van der Waals surface area contributed by atoms with Crippen LogP contribution in [0.2, 0.25) is 0 Å². The molecule has 4 aliphatic rings. The maximum atomic E-state index is 6.77. The molecule has 0 saturated heterocycles. The predicted octanol–water partition coefficient (Wildman–Crippen LogP) is 18.9. The Kier molecular flexibility index (Phi) is 9.14. The van der Waals surface area contributed by atoms with Gasteiger partial charge in [-0.2, -0.15) is 0 Å². The third kappa shape index (κ3) is 5.87. The van der Waals surface area contributed by atoms with E-state index in [4.69, 9.17) is 4.74 Å². The average molecular weight is 972 g/mol. The number of rotatable bonds is 5. The molecule has 0 unspecified atom stereocenters. The highest BCUT2D eigenvalue weighted by Gasteiger charge is 2.53. The van der Waals surface area contributed by atoms with Crippen molar-refractivity contribution in [3.05, 3.63) is 317 Å². The molecule has 0 radical (unpaired) electrons. The zero-order chi connectivity index (χ0) is 49.2. The van der Waals surface area contributed by atoms with Crippen LogP contribution < -0.4 is 9.64 Å². The molecule has 2 nitrogen and oxygen atoms in total. The van der Waals surface area contributed by atoms with Crippen molar-refractivity contribution in [3.63, 3.8) is 0 Å². The fourth-order valence-corrected chi connectivity index (χ4v) is 14.8. The van der Waals surface area contributed by atoms with Crippen LogP contribution in [0, 0.1) is 0 Å². The molecule has 0 N–H and O–H groups in total. The minimum Gasteiger partial charge on any atom is -0.457 e. The predicted molar refractivity (Wildman–Crippen MR) is 308 cm³/mol. The van der Waals surface area contributed by atoms with Crippen molar-refractivity contribution in [1.82, 2.24) is 0 Å². The van der Waals surface area contributed by atoms with Crippen molar-refractivity contribution in [3.8, 4) is 56.0 Å². The average Bonchev–Trinajstić information content (AvgIpc) is 4.03. The molecule has 2 spiro atoms. The van der Waals surface area contributed by atoms with Crippen LogP contribution in [0.5, 0.6) is 11.5 Å². The van der Waals surface area contributed by atoms with Gasteiger partial charge in [0.15, 0.2) is 0 Å². The second kappa shape index (κ2) is 16.2. The van der Waals surface area contributed by atoms with E-state index in [-0.39, 0.29) is 0 Å². The van der Waals surface area contributed by atoms with Gasteiger partial charge in [0.25, 0.3) is 0 Å². The zero-order valence-corrected chi connectivity index (χ0v) is 41.6. The Bertz CT molecular complexity index is 4230. The summed E-state index contributed by atoms with van der Waals surface area (Å²) in [6.45, 7) is 0. The lowest BCUT2D eigenvalue weighted by molar-refractivity contribution is 0.436. The molecule has 16 rings (SSSR count). The maximum absolute atomic E-state index is 6.77. The third-order valence-electron chi connectivity index (χ3n) is 16.6. The first kappa shape index (κ1) is 42.4. The summed E-state index contributed by atoms with van der Waals surface area (Å²) in [6, 6.07) is 101. The Morgan fingerprint density at radius 3 is 1.51 bits per heavy atom. The second-order valence-corrected chi connectivity index (χ2v) is 21.3. The molecule has 350 valence electrons. The number of hydrogen-bond donors (Lipinski definition) is 0. The van der Waals surface area contributed by atoms with Crippen LogP contribution in [0.4, 0.5) is 17.1 Å². The molecular weight excluding hydrogens is 927 g/mol. The first-order valence-electron chi connectivity index (χ1n) is 25.9. The second-order valence-electron chi connectivity index (χ2n) is 20.2. The highest BCUT2D eigenvalue weighted by atomic mass is 32.2. The van der Waals surface area contributed by atoms with Crippen LogP contribution in [0.25, 0.3) is 55.3 Å². The van der Waals surface area contributed by atoms with E-state index in [1.807, 2.05) is 11.8 Å². The minimum atomic E-state index is -0.621. The molecule has 2 aliphatic carbocycles. The van der Waals surface area contributed by atoms with E-state index in [0.29, 0.717) is 0 Å². The molecule has 0 atom stereocenters. The molecule has 75 heavy (non-hydrogen) atoms. The third-order valence-corrected chi connectivity index (χ3v) is 17.7. The van der Waals surface area contributed by atoms with E-state index in [1.165, 1.54) is 87.3 Å². The van der Waals surface area contributed by atoms with Crippen LogP contribution in [0.15, 0.2) is 283 Å². The van der Waals surface area contributed by atoms with Crippen LogP contribution in [-0.4, -0.2) is 0 Å². The number of para-hydroxylation sites is 3. The molecule has 2 aliphatic heterocycles. The molecule has 12 aromatic carbocycles. The fourth-order valence-electron chi connectivity index (χ4n) is 13.6. The summed E-state index contributed by atoms with van der Waals surface area (Å²) in [5.41, 5.74) is 22.0. The van der Waals surface area contributed by atoms with Gasteiger partial charge in [-0.05, 0) is 138 Å². The molecule has 3 heteroatoms. The van der Waals surface area contributed by atoms with Crippen molar-refractivity contribution in [2.24, 2.45) is 0 Å². The van der Waals surface area contributed by atoms with Crippen LogP contribution in [-0.2, 0) is 10.8 Å². The van der Waals surface area contributed by atoms with E-state index >= 15 is 0 Å². The molecule has 0 amide bonds. The highest BCUT2D eigenvalue weighted by Crippen LogP contribution is 2.66. The molecule has 2 heterocycles. The van der Waals surface area contributed by atoms with Gasteiger partial charge in [-0.15, -0.1) is 0 Å². The molecule has 0 fully saturated rings. The monoisotopic (exact) mass is 971 g/mol. The first-order valence-corrected chi connectivity index (χ1v) is 26.7. The number of nitrogens with zero attached hydrogens (tertiary/aromatic N) is 1. The van der Waals surface area contributed by atoms with Gasteiger partial charge in [-0.25, -0.2) is 0 Å². The summed E-state index contributed by atoms with van der Waals surface area (Å²) in [6.07, 6.45) is 0. The SMILES string of the molecule is c1ccc(-c2ccc(-c3ccccc3N(c3ccc4cc5c(cc4c3)C3(c4ccccc4Sc4ccccc43)c3ccccc3-5)c3cccc4c3-c3ccccc3C43c4ccccc4Oc4ccccc43)cc2)cc1. The van der Waals surface area contributed by atoms with Gasteiger partial charge in [-0.3, -0.25) is 0 Å². The summed E-state index contributed by atoms with van der Waals surface area (Å²) in [7, 11) is 0. The van der Waals surface area contributed by atoms with Crippen molar-refractivity contribution in [2.75, 3.05) is 4.90 Å². The Morgan fingerprint density at radius 1 is 0.293 bits per heavy atom. The summed E-state index contributed by atoms with van der Waals surface area (Å²) in [5.74, 6) is 1.77. The maximum Gasteiger partial charge on any atom is 0.132 e. The van der Waals surface area contributed by atoms with Crippen LogP contribution in [0.1, 0.15) is 44.5 Å². The smallest absolute Gasteiger partial charge is 0.132 e. The minimum absolute atomic E-state index is 0.485. The summed E-state index contributed by atoms with van der Waals surface area (Å²) in [4.78, 5) is 5.15. The molecule has 0 saturated carbocycles. The molecule has 12 aromatic rings. The Balaban J connectivity index is 0.968. The van der Waals surface area contributed by atoms with E-state index < -0.39 is 10.8 Å². The lowest BCUT2D eigenvalue weighted by atomic mass is 9.66. The van der Waals surface area contributed by atoms with Crippen LogP contribution in [0.3, 0.4) is 0 Å². The summed E-state index contributed by atoms with van der Waals surface area (Å²) < 4.78 is 6.77. The number of anilines is 3. The Hall–Kier alpha value is -9.15. The van der Waals surface area contributed by atoms with E-state index in [0.717, 1.165) is 50.8 Å². The topological polar surface area (TPSA) is 12.5 Å². The van der Waals surface area contributed by atoms with Gasteiger partial charge in [0.1, 0.15) is 11.5 Å². The Labute approximate surface area is 440 Å². The number of hydrogen-bond acceptors (Lipinski definition) is 3. The van der Waals surface area contributed by atoms with Crippen molar-refractivity contribution in [2.45, 2.75) is 20.6 Å². The zero-order valence-electron chi connectivity index (χ0n) is 40.7. The summed E-state index contributed by atoms with van der Waals surface area (Å²) in [5, 5.41) is 2.40. The van der Waals surface area contributed by atoms with E-state index in [1.54, 1.807) is 0 Å². The van der Waals surface area contributed by atoms with Gasteiger partial charge in [-0.1, -0.05) is 224 Å². The van der Waals surface area contributed by atoms with Crippen molar-refractivity contribution >= 4 is 39.6 Å². The van der Waals surface area contributed by atoms with Gasteiger partial charge in [0.05, 0.1) is 22.2 Å². The van der Waals surface area contributed by atoms with Crippen molar-refractivity contribution in [1.29, 1.82) is 0 Å². The molecule has 0 bridgehead atoms. The van der Waals surface area contributed by atoms with Gasteiger partial charge in [0.2, 0.25) is 0 Å². The van der Waals surface area contributed by atoms with E-state index in [9.17, 15) is 0 Å². The molecular formula is C72H45NOS. The lowest BCUT2D eigenvalue weighted by Gasteiger charge is -2.39. The number of benzene rings is 12. The highest BCUT2D eigenvalue weighted by molar-refractivity contribution is 7.99. The largest absolute Gasteiger partial charge is 0.457 e. The van der Waals surface area contributed by atoms with E-state index in [2.05, 4.69) is 278 Å². The fraction of sp³-hybridized carbons (Fsp3) is 0.0278. The molecule has 0 aromatic heterocycles. The normalized spacial score (nSPS) is 14.1. The van der Waals surface area contributed by atoms with Crippen LogP contribution >= 0.6 is 11.8 Å². The summed E-state index contributed by atoms with van der Waals surface area (Å²) >= 11 is 1.89. The van der Waals surface area contributed by atoms with Gasteiger partial charge >= 0.3 is 0 Å². The van der Waals surface area contributed by atoms with Gasteiger partial charge < -0.3 is 9.64 Å².